The first kappa shape index (κ1) is 20.4. The van der Waals surface area contributed by atoms with Gasteiger partial charge in [0.15, 0.2) is 0 Å². The maximum atomic E-state index is 2.45. The average molecular weight is 323 g/mol. The molecule has 0 aromatic carbocycles. The lowest BCUT2D eigenvalue weighted by molar-refractivity contribution is 0.268. The summed E-state index contributed by atoms with van der Waals surface area (Å²) in [6.07, 6.45) is 24.7. The maximum absolute atomic E-state index is 2.45. The first-order valence-electron chi connectivity index (χ1n) is 10.5. The van der Waals surface area contributed by atoms with Crippen LogP contribution in [0.5, 0.6) is 0 Å². The first-order valence-corrected chi connectivity index (χ1v) is 10.5. The smallest absolute Gasteiger partial charge is 0.0893 e. The second-order valence-electron chi connectivity index (χ2n) is 7.25. The van der Waals surface area contributed by atoms with Crippen molar-refractivity contribution < 1.29 is 0 Å². The minimum Gasteiger partial charge on any atom is -0.359 e. The molecule has 0 atom stereocenters. The molecule has 1 heterocycles. The Kier molecular flexibility index (Phi) is 13.2. The van der Waals surface area contributed by atoms with Crippen LogP contribution in [0.25, 0.3) is 0 Å². The van der Waals surface area contributed by atoms with Gasteiger partial charge >= 0.3 is 0 Å². The zero-order valence-corrected chi connectivity index (χ0v) is 16.1. The van der Waals surface area contributed by atoms with Gasteiger partial charge in [-0.25, -0.2) is 0 Å². The highest BCUT2D eigenvalue weighted by Crippen LogP contribution is 2.13. The van der Waals surface area contributed by atoms with Gasteiger partial charge in [-0.3, -0.25) is 0 Å². The van der Waals surface area contributed by atoms with Crippen LogP contribution in [0.1, 0.15) is 104 Å². The third kappa shape index (κ3) is 11.5. The number of rotatable bonds is 16. The van der Waals surface area contributed by atoms with Crippen LogP contribution in [0, 0.1) is 0 Å². The van der Waals surface area contributed by atoms with Crippen molar-refractivity contribution in [3.05, 3.63) is 12.4 Å². The second kappa shape index (κ2) is 14.9. The molecule has 0 radical (unpaired) electrons. The molecular weight excluding hydrogens is 280 g/mol. The molecule has 2 nitrogen and oxygen atoms in total. The summed E-state index contributed by atoms with van der Waals surface area (Å²) in [6, 6.07) is 0. The number of hydrogen-bond acceptors (Lipinski definition) is 2. The van der Waals surface area contributed by atoms with Crippen LogP contribution < -0.4 is 0 Å². The molecule has 0 aromatic heterocycles. The van der Waals surface area contributed by atoms with Crippen LogP contribution in [0.15, 0.2) is 12.4 Å². The Labute approximate surface area is 146 Å². The van der Waals surface area contributed by atoms with E-state index in [9.17, 15) is 0 Å². The summed E-state index contributed by atoms with van der Waals surface area (Å²) in [7, 11) is 0. The molecule has 2 heteroatoms. The Morgan fingerprint density at radius 2 is 1.00 bits per heavy atom. The Morgan fingerprint density at radius 3 is 1.43 bits per heavy atom. The zero-order valence-electron chi connectivity index (χ0n) is 16.1. The Morgan fingerprint density at radius 1 is 0.565 bits per heavy atom. The van der Waals surface area contributed by atoms with Crippen molar-refractivity contribution in [3.8, 4) is 0 Å². The van der Waals surface area contributed by atoms with E-state index < -0.39 is 0 Å². The lowest BCUT2D eigenvalue weighted by Gasteiger charge is -2.19. The summed E-state index contributed by atoms with van der Waals surface area (Å²) in [6.45, 7) is 8.00. The molecule has 0 amide bonds. The van der Waals surface area contributed by atoms with E-state index in [0.717, 1.165) is 13.2 Å². The van der Waals surface area contributed by atoms with Crippen molar-refractivity contribution in [2.24, 2.45) is 0 Å². The normalized spacial score (nSPS) is 14.2. The minimum atomic E-state index is 1.11. The number of nitrogens with zero attached hydrogens (tertiary/aromatic N) is 2. The fourth-order valence-corrected chi connectivity index (χ4v) is 3.38. The van der Waals surface area contributed by atoms with E-state index in [0.29, 0.717) is 0 Å². The van der Waals surface area contributed by atoms with E-state index in [1.54, 1.807) is 0 Å². The lowest BCUT2D eigenvalue weighted by atomic mass is 10.0. The third-order valence-electron chi connectivity index (χ3n) is 5.06. The highest BCUT2D eigenvalue weighted by atomic mass is 15.3. The molecule has 136 valence electrons. The molecule has 1 rings (SSSR count). The quantitative estimate of drug-likeness (QED) is 0.298. The fraction of sp³-hybridized carbons (Fsp3) is 0.905. The van der Waals surface area contributed by atoms with Crippen LogP contribution in [0.4, 0.5) is 0 Å². The topological polar surface area (TPSA) is 6.48 Å². The predicted molar refractivity (Wildman–Crippen MR) is 103 cm³/mol. The maximum Gasteiger partial charge on any atom is 0.0893 e. The highest BCUT2D eigenvalue weighted by molar-refractivity contribution is 4.89. The van der Waals surface area contributed by atoms with Crippen LogP contribution in [-0.2, 0) is 0 Å². The van der Waals surface area contributed by atoms with E-state index in [1.165, 1.54) is 96.4 Å². The van der Waals surface area contributed by atoms with E-state index >= 15 is 0 Å². The van der Waals surface area contributed by atoms with Crippen molar-refractivity contribution >= 4 is 0 Å². The van der Waals surface area contributed by atoms with Gasteiger partial charge in [0.25, 0.3) is 0 Å². The van der Waals surface area contributed by atoms with E-state index in [1.807, 2.05) is 0 Å². The summed E-state index contributed by atoms with van der Waals surface area (Å²) < 4.78 is 0. The summed E-state index contributed by atoms with van der Waals surface area (Å²) in [4.78, 5) is 4.81. The molecule has 0 aromatic rings. The largest absolute Gasteiger partial charge is 0.359 e. The molecule has 0 spiro atoms. The van der Waals surface area contributed by atoms with Gasteiger partial charge in [-0.15, -0.1) is 0 Å². The summed E-state index contributed by atoms with van der Waals surface area (Å²) >= 11 is 0. The van der Waals surface area contributed by atoms with E-state index in [-0.39, 0.29) is 0 Å². The molecule has 0 saturated heterocycles. The van der Waals surface area contributed by atoms with Crippen molar-refractivity contribution in [2.75, 3.05) is 19.8 Å². The standard InChI is InChI=1S/C21H42N2/c1-3-5-6-7-8-9-10-11-12-13-14-15-16-17-18-23-20-19-22(4-2)21-23/h19-20H,3-18,21H2,1-2H3. The van der Waals surface area contributed by atoms with Gasteiger partial charge in [0, 0.05) is 25.5 Å². The predicted octanol–water partition coefficient (Wildman–Crippen LogP) is 6.53. The molecule has 0 N–H and O–H groups in total. The van der Waals surface area contributed by atoms with Crippen LogP contribution in [0.3, 0.4) is 0 Å². The summed E-state index contributed by atoms with van der Waals surface area (Å²) in [5, 5.41) is 0. The van der Waals surface area contributed by atoms with Gasteiger partial charge in [0.05, 0.1) is 6.67 Å². The van der Waals surface area contributed by atoms with Crippen LogP contribution in [0.2, 0.25) is 0 Å². The average Bonchev–Trinajstić information content (AvgIpc) is 3.03. The molecule has 23 heavy (non-hydrogen) atoms. The number of hydrogen-bond donors (Lipinski definition) is 0. The third-order valence-corrected chi connectivity index (χ3v) is 5.06. The molecule has 0 fully saturated rings. The molecule has 1 aliphatic rings. The van der Waals surface area contributed by atoms with E-state index in [2.05, 4.69) is 36.0 Å². The molecule has 0 aliphatic carbocycles. The Hall–Kier alpha value is -0.660. The van der Waals surface area contributed by atoms with E-state index in [4.69, 9.17) is 0 Å². The van der Waals surface area contributed by atoms with Gasteiger partial charge in [0.1, 0.15) is 0 Å². The lowest BCUT2D eigenvalue weighted by Crippen LogP contribution is -2.25. The molecule has 0 unspecified atom stereocenters. The molecular formula is C21H42N2. The summed E-state index contributed by atoms with van der Waals surface area (Å²) in [5.41, 5.74) is 0. The zero-order chi connectivity index (χ0) is 16.6. The highest BCUT2D eigenvalue weighted by Gasteiger charge is 2.08. The van der Waals surface area contributed by atoms with Gasteiger partial charge in [0.2, 0.25) is 0 Å². The first-order chi connectivity index (χ1) is 11.4. The van der Waals surface area contributed by atoms with Gasteiger partial charge in [-0.05, 0) is 13.3 Å². The van der Waals surface area contributed by atoms with Crippen molar-refractivity contribution in [3.63, 3.8) is 0 Å². The van der Waals surface area contributed by atoms with Crippen molar-refractivity contribution in [1.82, 2.24) is 9.80 Å². The summed E-state index contributed by atoms with van der Waals surface area (Å²) in [5.74, 6) is 0. The van der Waals surface area contributed by atoms with Crippen molar-refractivity contribution in [1.29, 1.82) is 0 Å². The fourth-order valence-electron chi connectivity index (χ4n) is 3.38. The van der Waals surface area contributed by atoms with Gasteiger partial charge in [-0.1, -0.05) is 90.4 Å². The molecule has 0 saturated carbocycles. The van der Waals surface area contributed by atoms with Gasteiger partial charge in [-0.2, -0.15) is 0 Å². The Bertz CT molecular complexity index is 275. The molecule has 0 bridgehead atoms. The van der Waals surface area contributed by atoms with Crippen LogP contribution in [-0.4, -0.2) is 29.6 Å². The Balaban J connectivity index is 1.71. The monoisotopic (exact) mass is 322 g/mol. The minimum absolute atomic E-state index is 1.11. The van der Waals surface area contributed by atoms with Crippen LogP contribution >= 0.6 is 0 Å². The number of unbranched alkanes of at least 4 members (excludes halogenated alkanes) is 13. The van der Waals surface area contributed by atoms with Gasteiger partial charge < -0.3 is 9.80 Å². The second-order valence-corrected chi connectivity index (χ2v) is 7.25. The SMILES string of the molecule is CCCCCCCCCCCCCCCCN1C=CN(CC)C1. The van der Waals surface area contributed by atoms with Crippen molar-refractivity contribution in [2.45, 2.75) is 104 Å². The molecule has 1 aliphatic heterocycles.